The van der Waals surface area contributed by atoms with E-state index in [0.29, 0.717) is 5.92 Å². The SMILES string of the molecule is Brc1ccc2nc(C3CNC3)nn2c1. The fraction of sp³-hybridized carbons (Fsp3) is 0.333. The van der Waals surface area contributed by atoms with Crippen LogP contribution >= 0.6 is 15.9 Å². The van der Waals surface area contributed by atoms with Gasteiger partial charge in [0.15, 0.2) is 11.5 Å². The predicted octanol–water partition coefficient (Wildman–Crippen LogP) is 1.18. The molecular formula is C9H9BrN4. The second-order valence-corrected chi connectivity index (χ2v) is 4.39. The van der Waals surface area contributed by atoms with Crippen LogP contribution < -0.4 is 5.32 Å². The Kier molecular flexibility index (Phi) is 1.81. The predicted molar refractivity (Wildman–Crippen MR) is 56.3 cm³/mol. The summed E-state index contributed by atoms with van der Waals surface area (Å²) >= 11 is 3.41. The number of hydrogen-bond donors (Lipinski definition) is 1. The molecule has 1 fully saturated rings. The molecule has 3 rings (SSSR count). The lowest BCUT2D eigenvalue weighted by Crippen LogP contribution is -2.40. The second kappa shape index (κ2) is 3.03. The highest BCUT2D eigenvalue weighted by molar-refractivity contribution is 9.10. The zero-order valence-corrected chi connectivity index (χ0v) is 9.03. The zero-order chi connectivity index (χ0) is 9.54. The standard InChI is InChI=1S/C9H9BrN4/c10-7-1-2-8-12-9(6-3-11-4-6)13-14(8)5-7/h1-2,5-6,11H,3-4H2. The lowest BCUT2D eigenvalue weighted by atomic mass is 10.0. The van der Waals surface area contributed by atoms with Gasteiger partial charge in [0.2, 0.25) is 0 Å². The first-order chi connectivity index (χ1) is 6.83. The first kappa shape index (κ1) is 8.38. The molecule has 3 heterocycles. The summed E-state index contributed by atoms with van der Waals surface area (Å²) in [5, 5.41) is 7.65. The number of halogens is 1. The van der Waals surface area contributed by atoms with E-state index in [1.54, 1.807) is 0 Å². The van der Waals surface area contributed by atoms with Crippen LogP contribution in [0.5, 0.6) is 0 Å². The molecular weight excluding hydrogens is 244 g/mol. The molecule has 72 valence electrons. The molecule has 0 saturated carbocycles. The number of hydrogen-bond acceptors (Lipinski definition) is 3. The Morgan fingerprint density at radius 2 is 2.29 bits per heavy atom. The maximum atomic E-state index is 4.47. The number of pyridine rings is 1. The summed E-state index contributed by atoms with van der Waals surface area (Å²) in [5.74, 6) is 1.44. The van der Waals surface area contributed by atoms with Gasteiger partial charge in [0.25, 0.3) is 0 Å². The van der Waals surface area contributed by atoms with Crippen molar-refractivity contribution in [3.05, 3.63) is 28.6 Å². The molecule has 0 bridgehead atoms. The van der Waals surface area contributed by atoms with Gasteiger partial charge in [-0.05, 0) is 28.1 Å². The average Bonchev–Trinajstić information content (AvgIpc) is 2.43. The molecule has 2 aromatic rings. The summed E-state index contributed by atoms with van der Waals surface area (Å²) in [6.45, 7) is 2.00. The first-order valence-corrected chi connectivity index (χ1v) is 5.35. The van der Waals surface area contributed by atoms with Crippen LogP contribution in [-0.2, 0) is 0 Å². The van der Waals surface area contributed by atoms with Crippen molar-refractivity contribution < 1.29 is 0 Å². The largest absolute Gasteiger partial charge is 0.315 e. The highest BCUT2D eigenvalue weighted by Crippen LogP contribution is 2.17. The highest BCUT2D eigenvalue weighted by atomic mass is 79.9. The fourth-order valence-corrected chi connectivity index (χ4v) is 1.85. The Labute approximate surface area is 89.5 Å². The van der Waals surface area contributed by atoms with Crippen molar-refractivity contribution in [3.8, 4) is 0 Å². The maximum absolute atomic E-state index is 4.47. The Bertz CT molecular complexity index is 475. The molecule has 5 heteroatoms. The summed E-state index contributed by atoms with van der Waals surface area (Å²) < 4.78 is 2.84. The maximum Gasteiger partial charge on any atom is 0.157 e. The third kappa shape index (κ3) is 1.24. The quantitative estimate of drug-likeness (QED) is 0.829. The molecule has 1 saturated heterocycles. The summed E-state index contributed by atoms with van der Waals surface area (Å²) in [6, 6.07) is 3.94. The smallest absolute Gasteiger partial charge is 0.157 e. The van der Waals surface area contributed by atoms with Crippen LogP contribution in [-0.4, -0.2) is 27.7 Å². The molecule has 0 spiro atoms. The van der Waals surface area contributed by atoms with Crippen molar-refractivity contribution in [1.29, 1.82) is 0 Å². The fourth-order valence-electron chi connectivity index (χ4n) is 1.52. The van der Waals surface area contributed by atoms with E-state index in [0.717, 1.165) is 29.0 Å². The molecule has 4 nitrogen and oxygen atoms in total. The molecule has 0 aliphatic carbocycles. The van der Waals surface area contributed by atoms with Crippen molar-refractivity contribution in [3.63, 3.8) is 0 Å². The number of nitrogens with one attached hydrogen (secondary N) is 1. The van der Waals surface area contributed by atoms with Crippen molar-refractivity contribution in [2.24, 2.45) is 0 Å². The van der Waals surface area contributed by atoms with Gasteiger partial charge in [-0.1, -0.05) is 0 Å². The van der Waals surface area contributed by atoms with Gasteiger partial charge in [0.1, 0.15) is 0 Å². The molecule has 2 aromatic heterocycles. The van der Waals surface area contributed by atoms with Crippen LogP contribution in [0.25, 0.3) is 5.65 Å². The normalized spacial score (nSPS) is 17.2. The summed E-state index contributed by atoms with van der Waals surface area (Å²) in [6.07, 6.45) is 1.93. The van der Waals surface area contributed by atoms with Gasteiger partial charge in [-0.15, -0.1) is 0 Å². The number of aromatic nitrogens is 3. The van der Waals surface area contributed by atoms with Gasteiger partial charge in [-0.25, -0.2) is 9.50 Å². The van der Waals surface area contributed by atoms with E-state index in [-0.39, 0.29) is 0 Å². The van der Waals surface area contributed by atoms with E-state index in [1.165, 1.54) is 0 Å². The Balaban J connectivity index is 2.10. The lowest BCUT2D eigenvalue weighted by molar-refractivity contribution is 0.430. The van der Waals surface area contributed by atoms with Crippen LogP contribution in [0.15, 0.2) is 22.8 Å². The molecule has 0 aromatic carbocycles. The minimum atomic E-state index is 0.494. The van der Waals surface area contributed by atoms with Gasteiger partial charge in [-0.2, -0.15) is 5.10 Å². The van der Waals surface area contributed by atoms with Crippen molar-refractivity contribution in [2.75, 3.05) is 13.1 Å². The number of fused-ring (bicyclic) bond motifs is 1. The lowest BCUT2D eigenvalue weighted by Gasteiger charge is -2.23. The van der Waals surface area contributed by atoms with E-state index in [1.807, 2.05) is 22.8 Å². The number of nitrogens with zero attached hydrogens (tertiary/aromatic N) is 3. The van der Waals surface area contributed by atoms with E-state index in [4.69, 9.17) is 0 Å². The first-order valence-electron chi connectivity index (χ1n) is 4.55. The average molecular weight is 253 g/mol. The van der Waals surface area contributed by atoms with Gasteiger partial charge < -0.3 is 5.32 Å². The van der Waals surface area contributed by atoms with Crippen molar-refractivity contribution >= 4 is 21.6 Å². The van der Waals surface area contributed by atoms with Gasteiger partial charge in [0, 0.05) is 29.7 Å². The summed E-state index contributed by atoms with van der Waals surface area (Å²) in [5.41, 5.74) is 0.912. The van der Waals surface area contributed by atoms with E-state index in [2.05, 4.69) is 31.3 Å². The zero-order valence-electron chi connectivity index (χ0n) is 7.44. The Morgan fingerprint density at radius 1 is 1.43 bits per heavy atom. The third-order valence-electron chi connectivity index (χ3n) is 2.46. The summed E-state index contributed by atoms with van der Waals surface area (Å²) in [4.78, 5) is 4.47. The molecule has 14 heavy (non-hydrogen) atoms. The van der Waals surface area contributed by atoms with Gasteiger partial charge >= 0.3 is 0 Å². The van der Waals surface area contributed by atoms with Crippen molar-refractivity contribution in [2.45, 2.75) is 5.92 Å². The Morgan fingerprint density at radius 3 is 3.00 bits per heavy atom. The van der Waals surface area contributed by atoms with Gasteiger partial charge in [-0.3, -0.25) is 0 Å². The van der Waals surface area contributed by atoms with E-state index in [9.17, 15) is 0 Å². The number of rotatable bonds is 1. The topological polar surface area (TPSA) is 42.2 Å². The van der Waals surface area contributed by atoms with Crippen molar-refractivity contribution in [1.82, 2.24) is 19.9 Å². The molecule has 1 aliphatic heterocycles. The molecule has 0 atom stereocenters. The monoisotopic (exact) mass is 252 g/mol. The Hall–Kier alpha value is -0.940. The molecule has 0 unspecified atom stereocenters. The van der Waals surface area contributed by atoms with Crippen LogP contribution in [0.1, 0.15) is 11.7 Å². The minimum Gasteiger partial charge on any atom is -0.315 e. The second-order valence-electron chi connectivity index (χ2n) is 3.48. The molecule has 0 radical (unpaired) electrons. The summed E-state index contributed by atoms with van der Waals surface area (Å²) in [7, 11) is 0. The van der Waals surface area contributed by atoms with Crippen LogP contribution in [0.4, 0.5) is 0 Å². The third-order valence-corrected chi connectivity index (χ3v) is 2.93. The molecule has 1 N–H and O–H groups in total. The molecule has 1 aliphatic rings. The van der Waals surface area contributed by atoms with E-state index >= 15 is 0 Å². The van der Waals surface area contributed by atoms with Gasteiger partial charge in [0.05, 0.1) is 0 Å². The van der Waals surface area contributed by atoms with E-state index < -0.39 is 0 Å². The van der Waals surface area contributed by atoms with Crippen LogP contribution in [0.3, 0.4) is 0 Å². The van der Waals surface area contributed by atoms with Crippen LogP contribution in [0, 0.1) is 0 Å². The molecule has 0 amide bonds. The highest BCUT2D eigenvalue weighted by Gasteiger charge is 2.23. The minimum absolute atomic E-state index is 0.494. The van der Waals surface area contributed by atoms with Crippen LogP contribution in [0.2, 0.25) is 0 Å².